The first kappa shape index (κ1) is 16.3. The zero-order valence-corrected chi connectivity index (χ0v) is 13.8. The van der Waals surface area contributed by atoms with Crippen molar-refractivity contribution in [2.24, 2.45) is 0 Å². The van der Waals surface area contributed by atoms with Gasteiger partial charge in [-0.05, 0) is 40.7 Å². The molecule has 7 heteroatoms. The number of carbonyl (C=O) groups is 2. The van der Waals surface area contributed by atoms with Crippen molar-refractivity contribution in [3.63, 3.8) is 0 Å². The van der Waals surface area contributed by atoms with Gasteiger partial charge in [0.1, 0.15) is 5.60 Å². The van der Waals surface area contributed by atoms with E-state index in [2.05, 4.69) is 10.4 Å². The van der Waals surface area contributed by atoms with Crippen molar-refractivity contribution in [1.29, 1.82) is 0 Å². The molecule has 1 N–H and O–H groups in total. The van der Waals surface area contributed by atoms with Gasteiger partial charge in [-0.1, -0.05) is 0 Å². The number of hydrogen-bond acceptors (Lipinski definition) is 4. The Balaban J connectivity index is 2.06. The van der Waals surface area contributed by atoms with Gasteiger partial charge in [-0.3, -0.25) is 9.48 Å². The Bertz CT molecular complexity index is 572. The SMILES string of the molecule is CC(C)NC(=O)c1cc2n(n1)CCN(C(=O)OC(C)(C)C)C2. The van der Waals surface area contributed by atoms with Crippen molar-refractivity contribution < 1.29 is 14.3 Å². The van der Waals surface area contributed by atoms with Gasteiger partial charge in [0.2, 0.25) is 0 Å². The van der Waals surface area contributed by atoms with Gasteiger partial charge < -0.3 is 15.0 Å². The number of amides is 2. The van der Waals surface area contributed by atoms with Crippen molar-refractivity contribution in [1.82, 2.24) is 20.0 Å². The summed E-state index contributed by atoms with van der Waals surface area (Å²) in [4.78, 5) is 25.7. The van der Waals surface area contributed by atoms with Gasteiger partial charge in [-0.15, -0.1) is 0 Å². The van der Waals surface area contributed by atoms with Crippen molar-refractivity contribution in [2.75, 3.05) is 6.54 Å². The molecule has 2 rings (SSSR count). The second-order valence-electron chi connectivity index (χ2n) is 6.77. The average molecular weight is 308 g/mol. The molecule has 0 saturated heterocycles. The summed E-state index contributed by atoms with van der Waals surface area (Å²) in [5.74, 6) is -0.194. The first-order valence-corrected chi connectivity index (χ1v) is 7.51. The van der Waals surface area contributed by atoms with E-state index in [4.69, 9.17) is 4.74 Å². The lowest BCUT2D eigenvalue weighted by Crippen LogP contribution is -2.41. The molecule has 122 valence electrons. The lowest BCUT2D eigenvalue weighted by molar-refractivity contribution is 0.0194. The van der Waals surface area contributed by atoms with Crippen LogP contribution in [0.1, 0.15) is 50.8 Å². The summed E-state index contributed by atoms with van der Waals surface area (Å²) in [5.41, 5.74) is 0.706. The third-order valence-electron chi connectivity index (χ3n) is 3.10. The van der Waals surface area contributed by atoms with Gasteiger partial charge >= 0.3 is 6.09 Å². The third-order valence-corrected chi connectivity index (χ3v) is 3.10. The predicted molar refractivity (Wildman–Crippen MR) is 81.5 cm³/mol. The first-order valence-electron chi connectivity index (χ1n) is 7.51. The minimum Gasteiger partial charge on any atom is -0.444 e. The highest BCUT2D eigenvalue weighted by Gasteiger charge is 2.27. The van der Waals surface area contributed by atoms with Crippen LogP contribution >= 0.6 is 0 Å². The Morgan fingerprint density at radius 2 is 2.00 bits per heavy atom. The summed E-state index contributed by atoms with van der Waals surface area (Å²) in [6.45, 7) is 10.8. The number of fused-ring (bicyclic) bond motifs is 1. The van der Waals surface area contributed by atoms with Gasteiger partial charge in [0.15, 0.2) is 5.69 Å². The van der Waals surface area contributed by atoms with Crippen molar-refractivity contribution in [2.45, 2.75) is 59.4 Å². The number of carbonyl (C=O) groups excluding carboxylic acids is 2. The molecule has 0 unspecified atom stereocenters. The Morgan fingerprint density at radius 1 is 1.32 bits per heavy atom. The fraction of sp³-hybridized carbons (Fsp3) is 0.667. The normalized spacial score (nSPS) is 14.7. The molecular weight excluding hydrogens is 284 g/mol. The summed E-state index contributed by atoms with van der Waals surface area (Å²) < 4.78 is 7.15. The molecule has 0 spiro atoms. The lowest BCUT2D eigenvalue weighted by atomic mass is 10.2. The number of nitrogens with one attached hydrogen (secondary N) is 1. The summed E-state index contributed by atoms with van der Waals surface area (Å²) in [7, 11) is 0. The first-order chi connectivity index (χ1) is 10.2. The molecule has 1 aliphatic heterocycles. The fourth-order valence-corrected chi connectivity index (χ4v) is 2.20. The minimum atomic E-state index is -0.517. The molecule has 22 heavy (non-hydrogen) atoms. The van der Waals surface area contributed by atoms with Crippen LogP contribution in [0.2, 0.25) is 0 Å². The third kappa shape index (κ3) is 3.99. The molecule has 0 aliphatic carbocycles. The van der Waals surface area contributed by atoms with Crippen LogP contribution in [0.25, 0.3) is 0 Å². The summed E-state index contributed by atoms with van der Waals surface area (Å²) in [6.07, 6.45) is -0.340. The van der Waals surface area contributed by atoms with Crippen molar-refractivity contribution >= 4 is 12.0 Å². The minimum absolute atomic E-state index is 0.0597. The van der Waals surface area contributed by atoms with Crippen molar-refractivity contribution in [3.8, 4) is 0 Å². The lowest BCUT2D eigenvalue weighted by Gasteiger charge is -2.30. The van der Waals surface area contributed by atoms with Crippen LogP contribution in [-0.4, -0.2) is 44.9 Å². The number of aromatic nitrogens is 2. The molecule has 1 aromatic rings. The maximum Gasteiger partial charge on any atom is 0.410 e. The maximum absolute atomic E-state index is 12.1. The quantitative estimate of drug-likeness (QED) is 0.903. The number of nitrogens with zero attached hydrogens (tertiary/aromatic N) is 3. The largest absolute Gasteiger partial charge is 0.444 e. The van der Waals surface area contributed by atoms with Gasteiger partial charge in [0.05, 0.1) is 18.8 Å². The van der Waals surface area contributed by atoms with E-state index >= 15 is 0 Å². The maximum atomic E-state index is 12.1. The molecule has 7 nitrogen and oxygen atoms in total. The smallest absolute Gasteiger partial charge is 0.410 e. The molecule has 0 fully saturated rings. The summed E-state index contributed by atoms with van der Waals surface area (Å²) in [5, 5.41) is 7.11. The Morgan fingerprint density at radius 3 is 2.59 bits per heavy atom. The number of ether oxygens (including phenoxy) is 1. The Kier molecular flexibility index (Phi) is 4.44. The second-order valence-corrected chi connectivity index (χ2v) is 6.77. The molecule has 0 saturated carbocycles. The van der Waals surface area contributed by atoms with Crippen molar-refractivity contribution in [3.05, 3.63) is 17.5 Å². The van der Waals surface area contributed by atoms with Crippen LogP contribution in [0.5, 0.6) is 0 Å². The van der Waals surface area contributed by atoms with Gasteiger partial charge in [-0.2, -0.15) is 5.10 Å². The standard InChI is InChI=1S/C15H24N4O3/c1-10(2)16-13(20)12-8-11-9-18(6-7-19(11)17-12)14(21)22-15(3,4)5/h8,10H,6-7,9H2,1-5H3,(H,16,20). The van der Waals surface area contributed by atoms with Crippen LogP contribution in [0, 0.1) is 0 Å². The number of rotatable bonds is 2. The van der Waals surface area contributed by atoms with Crippen LogP contribution in [0.3, 0.4) is 0 Å². The molecular formula is C15H24N4O3. The van der Waals surface area contributed by atoms with Gasteiger partial charge in [0.25, 0.3) is 5.91 Å². The molecule has 0 atom stereocenters. The van der Waals surface area contributed by atoms with Gasteiger partial charge in [0, 0.05) is 12.6 Å². The van der Waals surface area contributed by atoms with Crippen LogP contribution in [0.15, 0.2) is 6.07 Å². The molecule has 0 bridgehead atoms. The molecule has 0 aromatic carbocycles. The summed E-state index contributed by atoms with van der Waals surface area (Å²) >= 11 is 0. The second kappa shape index (κ2) is 5.98. The van der Waals surface area contributed by atoms with E-state index in [1.54, 1.807) is 15.6 Å². The highest BCUT2D eigenvalue weighted by Crippen LogP contribution is 2.17. The molecule has 2 amide bonds. The van der Waals surface area contributed by atoms with E-state index in [9.17, 15) is 9.59 Å². The predicted octanol–water partition coefficient (Wildman–Crippen LogP) is 1.77. The van der Waals surface area contributed by atoms with E-state index in [1.807, 2.05) is 34.6 Å². The topological polar surface area (TPSA) is 76.5 Å². The van der Waals surface area contributed by atoms with E-state index in [0.717, 1.165) is 5.69 Å². The Hall–Kier alpha value is -2.05. The monoisotopic (exact) mass is 308 g/mol. The van der Waals surface area contributed by atoms with Crippen LogP contribution in [0.4, 0.5) is 4.79 Å². The Labute approximate surface area is 130 Å². The summed E-state index contributed by atoms with van der Waals surface area (Å²) in [6, 6.07) is 1.79. The van der Waals surface area contributed by atoms with Gasteiger partial charge in [-0.25, -0.2) is 4.79 Å². The average Bonchev–Trinajstić information content (AvgIpc) is 2.78. The highest BCUT2D eigenvalue weighted by atomic mass is 16.6. The molecule has 2 heterocycles. The molecule has 1 aromatic heterocycles. The molecule has 1 aliphatic rings. The highest BCUT2D eigenvalue weighted by molar-refractivity contribution is 5.92. The van der Waals surface area contributed by atoms with Crippen LogP contribution in [-0.2, 0) is 17.8 Å². The van der Waals surface area contributed by atoms with Crippen LogP contribution < -0.4 is 5.32 Å². The zero-order valence-electron chi connectivity index (χ0n) is 13.8. The molecule has 0 radical (unpaired) electrons. The van der Waals surface area contributed by atoms with E-state index in [0.29, 0.717) is 25.3 Å². The number of hydrogen-bond donors (Lipinski definition) is 1. The zero-order chi connectivity index (χ0) is 16.5. The van der Waals surface area contributed by atoms with E-state index < -0.39 is 5.60 Å². The fourth-order valence-electron chi connectivity index (χ4n) is 2.20. The van der Waals surface area contributed by atoms with E-state index in [-0.39, 0.29) is 18.0 Å². The van der Waals surface area contributed by atoms with E-state index in [1.165, 1.54) is 0 Å².